The molecule has 2 fully saturated rings. The van der Waals surface area contributed by atoms with E-state index in [-0.39, 0.29) is 5.91 Å². The Balaban J connectivity index is 1.89. The van der Waals surface area contributed by atoms with Gasteiger partial charge in [0.15, 0.2) is 0 Å². The molecule has 0 unspecified atom stereocenters. The average molecular weight is 255 g/mol. The third kappa shape index (κ3) is 3.22. The summed E-state index contributed by atoms with van der Waals surface area (Å²) in [5.41, 5.74) is 0. The molecule has 0 bridgehead atoms. The molecule has 0 aromatic carbocycles. The van der Waals surface area contributed by atoms with Crippen LogP contribution in [-0.4, -0.2) is 47.2 Å². The summed E-state index contributed by atoms with van der Waals surface area (Å²) in [4.78, 5) is 24.8. The molecule has 102 valence electrons. The lowest BCUT2D eigenvalue weighted by atomic mass is 10.0. The van der Waals surface area contributed by atoms with Crippen LogP contribution in [0.15, 0.2) is 0 Å². The van der Waals surface area contributed by atoms with Crippen molar-refractivity contribution in [3.8, 4) is 0 Å². The number of carboxylic acid groups (broad SMARTS) is 1. The Bertz CT molecular complexity index is 327. The second-order valence-corrected chi connectivity index (χ2v) is 5.30. The molecule has 1 aliphatic heterocycles. The fourth-order valence-electron chi connectivity index (χ4n) is 2.32. The van der Waals surface area contributed by atoms with Gasteiger partial charge in [0.2, 0.25) is 0 Å². The molecule has 5 heteroatoms. The molecule has 1 heterocycles. The highest BCUT2D eigenvalue weighted by Crippen LogP contribution is 2.29. The summed E-state index contributed by atoms with van der Waals surface area (Å²) in [7, 11) is 0. The van der Waals surface area contributed by atoms with Crippen LogP contribution in [0.5, 0.6) is 0 Å². The number of piperidine rings is 1. The summed E-state index contributed by atoms with van der Waals surface area (Å²) in [6, 6.07) is -0.668. The maximum absolute atomic E-state index is 12.2. The topological polar surface area (TPSA) is 66.8 Å². The van der Waals surface area contributed by atoms with Crippen LogP contribution in [0.25, 0.3) is 0 Å². The first-order valence-electron chi connectivity index (χ1n) is 6.74. The number of hydrogen-bond acceptors (Lipinski definition) is 3. The van der Waals surface area contributed by atoms with Crippen LogP contribution in [0, 0.1) is 5.92 Å². The smallest absolute Gasteiger partial charge is 0.326 e. The Morgan fingerprint density at radius 3 is 2.67 bits per heavy atom. The van der Waals surface area contributed by atoms with E-state index in [0.717, 1.165) is 12.8 Å². The van der Waals surface area contributed by atoms with Gasteiger partial charge in [-0.3, -0.25) is 4.79 Å². The lowest BCUT2D eigenvalue weighted by Gasteiger charge is -2.34. The van der Waals surface area contributed by atoms with E-state index in [1.807, 2.05) is 0 Å². The summed E-state index contributed by atoms with van der Waals surface area (Å²) in [6.07, 6.45) is 4.15. The first-order valence-corrected chi connectivity index (χ1v) is 6.74. The van der Waals surface area contributed by atoms with Gasteiger partial charge in [-0.25, -0.2) is 4.79 Å². The van der Waals surface area contributed by atoms with Gasteiger partial charge < -0.3 is 14.7 Å². The van der Waals surface area contributed by atoms with Crippen molar-refractivity contribution < 1.29 is 19.4 Å². The number of ether oxygens (including phenoxy) is 1. The van der Waals surface area contributed by atoms with E-state index < -0.39 is 18.1 Å². The van der Waals surface area contributed by atoms with Crippen molar-refractivity contribution in [3.05, 3.63) is 0 Å². The molecule has 18 heavy (non-hydrogen) atoms. The standard InChI is InChI=1S/C13H21NO4/c1-9(18-8-10-5-6-10)12(15)14-7-3-2-4-11(14)13(16)17/h9-11H,2-8H2,1H3,(H,16,17)/t9-,11+/m1/s1. The minimum absolute atomic E-state index is 0.178. The van der Waals surface area contributed by atoms with E-state index in [1.54, 1.807) is 6.92 Å². The second kappa shape index (κ2) is 5.69. The monoisotopic (exact) mass is 255 g/mol. The fraction of sp³-hybridized carbons (Fsp3) is 0.846. The van der Waals surface area contributed by atoms with Crippen LogP contribution < -0.4 is 0 Å². The van der Waals surface area contributed by atoms with Gasteiger partial charge in [0.25, 0.3) is 5.91 Å². The van der Waals surface area contributed by atoms with Crippen LogP contribution in [0.1, 0.15) is 39.0 Å². The van der Waals surface area contributed by atoms with E-state index in [4.69, 9.17) is 9.84 Å². The largest absolute Gasteiger partial charge is 0.480 e. The first kappa shape index (κ1) is 13.3. The van der Waals surface area contributed by atoms with Gasteiger partial charge in [-0.2, -0.15) is 0 Å². The first-order chi connectivity index (χ1) is 8.59. The molecule has 0 spiro atoms. The Labute approximate surface area is 107 Å². The highest BCUT2D eigenvalue weighted by molar-refractivity contribution is 5.86. The molecular weight excluding hydrogens is 234 g/mol. The molecule has 2 aliphatic rings. The summed E-state index contributed by atoms with van der Waals surface area (Å²) in [6.45, 7) is 2.88. The van der Waals surface area contributed by atoms with E-state index >= 15 is 0 Å². The number of carboxylic acids is 1. The van der Waals surface area contributed by atoms with Crippen molar-refractivity contribution in [2.75, 3.05) is 13.2 Å². The predicted molar refractivity (Wildman–Crippen MR) is 65.1 cm³/mol. The number of likely N-dealkylation sites (tertiary alicyclic amines) is 1. The fourth-order valence-corrected chi connectivity index (χ4v) is 2.32. The summed E-state index contributed by atoms with van der Waals surface area (Å²) in [5.74, 6) is -0.475. The quantitative estimate of drug-likeness (QED) is 0.803. The second-order valence-electron chi connectivity index (χ2n) is 5.30. The van der Waals surface area contributed by atoms with Gasteiger partial charge in [0.05, 0.1) is 6.61 Å². The third-order valence-electron chi connectivity index (χ3n) is 3.70. The average Bonchev–Trinajstić information content (AvgIpc) is 3.19. The van der Waals surface area contributed by atoms with E-state index in [2.05, 4.69) is 0 Å². The van der Waals surface area contributed by atoms with Gasteiger partial charge in [-0.05, 0) is 44.9 Å². The molecule has 0 aromatic heterocycles. The number of carbonyl (C=O) groups excluding carboxylic acids is 1. The zero-order valence-corrected chi connectivity index (χ0v) is 10.8. The van der Waals surface area contributed by atoms with Crippen LogP contribution in [0.3, 0.4) is 0 Å². The van der Waals surface area contributed by atoms with Crippen molar-refractivity contribution in [1.82, 2.24) is 4.90 Å². The van der Waals surface area contributed by atoms with Crippen molar-refractivity contribution in [2.24, 2.45) is 5.92 Å². The molecule has 2 rings (SSSR count). The van der Waals surface area contributed by atoms with Crippen LogP contribution in [0.2, 0.25) is 0 Å². The molecule has 0 radical (unpaired) electrons. The molecule has 5 nitrogen and oxygen atoms in total. The minimum Gasteiger partial charge on any atom is -0.480 e. The zero-order chi connectivity index (χ0) is 13.1. The van der Waals surface area contributed by atoms with Crippen molar-refractivity contribution in [2.45, 2.75) is 51.2 Å². The van der Waals surface area contributed by atoms with Crippen LogP contribution in [0.4, 0.5) is 0 Å². The summed E-state index contributed by atoms with van der Waals surface area (Å²) >= 11 is 0. The van der Waals surface area contributed by atoms with E-state index in [0.29, 0.717) is 25.5 Å². The SMILES string of the molecule is C[C@@H](OCC1CC1)C(=O)N1CCCC[C@H]1C(=O)O. The van der Waals surface area contributed by atoms with Gasteiger partial charge in [-0.1, -0.05) is 0 Å². The van der Waals surface area contributed by atoms with E-state index in [1.165, 1.54) is 17.7 Å². The maximum atomic E-state index is 12.2. The Morgan fingerprint density at radius 2 is 2.06 bits per heavy atom. The number of rotatable bonds is 5. The highest BCUT2D eigenvalue weighted by Gasteiger charge is 2.34. The van der Waals surface area contributed by atoms with Crippen LogP contribution >= 0.6 is 0 Å². The lowest BCUT2D eigenvalue weighted by molar-refractivity contribution is -0.157. The molecule has 0 aromatic rings. The van der Waals surface area contributed by atoms with Crippen molar-refractivity contribution in [3.63, 3.8) is 0 Å². The maximum Gasteiger partial charge on any atom is 0.326 e. The van der Waals surface area contributed by atoms with Crippen molar-refractivity contribution >= 4 is 11.9 Å². The lowest BCUT2D eigenvalue weighted by Crippen LogP contribution is -2.51. The zero-order valence-electron chi connectivity index (χ0n) is 10.8. The Kier molecular flexibility index (Phi) is 4.22. The van der Waals surface area contributed by atoms with E-state index in [9.17, 15) is 9.59 Å². The summed E-state index contributed by atoms with van der Waals surface area (Å²) < 4.78 is 5.52. The number of amides is 1. The highest BCUT2D eigenvalue weighted by atomic mass is 16.5. The Morgan fingerprint density at radius 1 is 1.33 bits per heavy atom. The molecular formula is C13H21NO4. The molecule has 1 N–H and O–H groups in total. The molecule has 1 saturated carbocycles. The third-order valence-corrected chi connectivity index (χ3v) is 3.70. The van der Waals surface area contributed by atoms with Gasteiger partial charge in [-0.15, -0.1) is 0 Å². The normalized spacial score (nSPS) is 25.8. The van der Waals surface area contributed by atoms with Gasteiger partial charge in [0.1, 0.15) is 12.1 Å². The predicted octanol–water partition coefficient (Wildman–Crippen LogP) is 1.27. The number of hydrogen-bond donors (Lipinski definition) is 1. The number of carbonyl (C=O) groups is 2. The molecule has 1 saturated heterocycles. The molecule has 1 amide bonds. The van der Waals surface area contributed by atoms with Gasteiger partial charge >= 0.3 is 5.97 Å². The summed E-state index contributed by atoms with van der Waals surface area (Å²) in [5, 5.41) is 9.13. The van der Waals surface area contributed by atoms with Crippen LogP contribution in [-0.2, 0) is 14.3 Å². The minimum atomic E-state index is -0.905. The number of aliphatic carboxylic acids is 1. The number of nitrogens with zero attached hydrogens (tertiary/aromatic N) is 1. The molecule has 2 atom stereocenters. The van der Waals surface area contributed by atoms with Gasteiger partial charge in [0, 0.05) is 6.54 Å². The Hall–Kier alpha value is -1.10. The molecule has 1 aliphatic carbocycles. The van der Waals surface area contributed by atoms with Crippen molar-refractivity contribution in [1.29, 1.82) is 0 Å².